The first-order valence-electron chi connectivity index (χ1n) is 6.59. The number of amides is 1. The molecule has 0 aromatic heterocycles. The Balaban J connectivity index is 1.97. The van der Waals surface area contributed by atoms with E-state index in [0.717, 1.165) is 12.0 Å². The number of hydrogen-bond donors (Lipinski definition) is 0. The molecule has 1 aliphatic heterocycles. The second-order valence-electron chi connectivity index (χ2n) is 4.92. The summed E-state index contributed by atoms with van der Waals surface area (Å²) in [6.07, 6.45) is 1.25. The highest BCUT2D eigenvalue weighted by Gasteiger charge is 2.41. The second kappa shape index (κ2) is 5.87. The number of likely N-dealkylation sites (N-methyl/N-ethyl adjacent to an activating group) is 1. The first kappa shape index (κ1) is 13.6. The van der Waals surface area contributed by atoms with Gasteiger partial charge in [0.2, 0.25) is 5.91 Å². The van der Waals surface area contributed by atoms with Gasteiger partial charge in [-0.2, -0.15) is 0 Å². The van der Waals surface area contributed by atoms with E-state index >= 15 is 0 Å². The highest BCUT2D eigenvalue weighted by molar-refractivity contribution is 5.88. The Bertz CT molecular complexity index is 458. The smallest absolute Gasteiger partial charge is 0.329 e. The summed E-state index contributed by atoms with van der Waals surface area (Å²) in [5.74, 6) is -0.210. The van der Waals surface area contributed by atoms with Gasteiger partial charge >= 0.3 is 5.97 Å². The number of carbonyl (C=O) groups excluding carboxylic acids is 2. The minimum atomic E-state index is -0.429. The standard InChI is InChI=1S/C15H19NO3/c1-3-12-9-13(17)16(2)14(12)15(18)19-10-11-7-5-4-6-8-11/h4-8,12,14H,3,9-10H2,1-2H3/t12-,14-/m1/s1. The molecule has 19 heavy (non-hydrogen) atoms. The maximum Gasteiger partial charge on any atom is 0.329 e. The third-order valence-electron chi connectivity index (χ3n) is 3.68. The molecule has 2 rings (SSSR count). The van der Waals surface area contributed by atoms with Gasteiger partial charge in [0.15, 0.2) is 0 Å². The number of benzene rings is 1. The van der Waals surface area contributed by atoms with E-state index in [2.05, 4.69) is 0 Å². The first-order valence-corrected chi connectivity index (χ1v) is 6.59. The van der Waals surface area contributed by atoms with E-state index < -0.39 is 6.04 Å². The molecule has 0 spiro atoms. The summed E-state index contributed by atoms with van der Waals surface area (Å²) in [6.45, 7) is 2.25. The molecule has 102 valence electrons. The van der Waals surface area contributed by atoms with Crippen molar-refractivity contribution in [3.8, 4) is 0 Å². The molecule has 1 amide bonds. The molecule has 1 saturated heterocycles. The van der Waals surface area contributed by atoms with E-state index in [1.54, 1.807) is 7.05 Å². The average molecular weight is 261 g/mol. The summed E-state index contributed by atoms with van der Waals surface area (Å²) in [4.78, 5) is 25.3. The van der Waals surface area contributed by atoms with Crippen LogP contribution in [-0.2, 0) is 20.9 Å². The van der Waals surface area contributed by atoms with E-state index in [4.69, 9.17) is 4.74 Å². The van der Waals surface area contributed by atoms with E-state index in [0.29, 0.717) is 6.42 Å². The summed E-state index contributed by atoms with van der Waals surface area (Å²) in [5, 5.41) is 0. The van der Waals surface area contributed by atoms with Crippen molar-refractivity contribution in [3.05, 3.63) is 35.9 Å². The minimum Gasteiger partial charge on any atom is -0.459 e. The molecule has 0 radical (unpaired) electrons. The van der Waals surface area contributed by atoms with Crippen molar-refractivity contribution in [2.24, 2.45) is 5.92 Å². The normalized spacial score (nSPS) is 22.6. The summed E-state index contributed by atoms with van der Waals surface area (Å²) in [6, 6.07) is 9.12. The third kappa shape index (κ3) is 2.95. The Labute approximate surface area is 113 Å². The molecule has 1 aliphatic rings. The Morgan fingerprint density at radius 3 is 2.68 bits per heavy atom. The lowest BCUT2D eigenvalue weighted by molar-refractivity contribution is -0.153. The van der Waals surface area contributed by atoms with Crippen LogP contribution in [0.4, 0.5) is 0 Å². The molecule has 0 bridgehead atoms. The molecule has 1 aromatic rings. The van der Waals surface area contributed by atoms with Crippen molar-refractivity contribution in [2.45, 2.75) is 32.4 Å². The Morgan fingerprint density at radius 2 is 2.05 bits per heavy atom. The average Bonchev–Trinajstić information content (AvgIpc) is 2.73. The van der Waals surface area contributed by atoms with Crippen LogP contribution in [0.15, 0.2) is 30.3 Å². The number of rotatable bonds is 4. The summed E-state index contributed by atoms with van der Waals surface area (Å²) in [5.41, 5.74) is 0.955. The SMILES string of the molecule is CC[C@@H]1CC(=O)N(C)[C@H]1C(=O)OCc1ccccc1. The van der Waals surface area contributed by atoms with Gasteiger partial charge in [-0.3, -0.25) is 4.79 Å². The van der Waals surface area contributed by atoms with Crippen molar-refractivity contribution in [3.63, 3.8) is 0 Å². The van der Waals surface area contributed by atoms with E-state index in [9.17, 15) is 9.59 Å². The second-order valence-corrected chi connectivity index (χ2v) is 4.92. The maximum atomic E-state index is 12.1. The topological polar surface area (TPSA) is 46.6 Å². The molecule has 2 atom stereocenters. The van der Waals surface area contributed by atoms with Gasteiger partial charge in [-0.25, -0.2) is 4.79 Å². The van der Waals surface area contributed by atoms with Crippen molar-refractivity contribution < 1.29 is 14.3 Å². The number of nitrogens with zero attached hydrogens (tertiary/aromatic N) is 1. The van der Waals surface area contributed by atoms with Gasteiger partial charge in [0.05, 0.1) is 0 Å². The van der Waals surface area contributed by atoms with Gasteiger partial charge in [-0.15, -0.1) is 0 Å². The summed E-state index contributed by atoms with van der Waals surface area (Å²) in [7, 11) is 1.67. The molecule has 4 heteroatoms. The lowest BCUT2D eigenvalue weighted by atomic mass is 9.97. The lowest BCUT2D eigenvalue weighted by Gasteiger charge is -2.22. The van der Waals surface area contributed by atoms with Crippen molar-refractivity contribution in [1.82, 2.24) is 4.90 Å². The largest absolute Gasteiger partial charge is 0.459 e. The number of hydrogen-bond acceptors (Lipinski definition) is 3. The molecule has 0 N–H and O–H groups in total. The van der Waals surface area contributed by atoms with Gasteiger partial charge in [0, 0.05) is 13.5 Å². The molecule has 0 aliphatic carbocycles. The lowest BCUT2D eigenvalue weighted by Crippen LogP contribution is -2.39. The first-order chi connectivity index (χ1) is 9.13. The quantitative estimate of drug-likeness (QED) is 0.779. The molecular formula is C15H19NO3. The predicted molar refractivity (Wildman–Crippen MR) is 71.2 cm³/mol. The molecule has 1 aromatic carbocycles. The van der Waals surface area contributed by atoms with Crippen LogP contribution in [0.3, 0.4) is 0 Å². The fourth-order valence-corrected chi connectivity index (χ4v) is 2.48. The fraction of sp³-hybridized carbons (Fsp3) is 0.467. The Kier molecular flexibility index (Phi) is 4.20. The molecule has 0 unspecified atom stereocenters. The van der Waals surface area contributed by atoms with Crippen LogP contribution >= 0.6 is 0 Å². The van der Waals surface area contributed by atoms with Gasteiger partial charge in [0.1, 0.15) is 12.6 Å². The molecule has 0 saturated carbocycles. The molecule has 4 nitrogen and oxygen atoms in total. The Hall–Kier alpha value is -1.84. The van der Waals surface area contributed by atoms with Gasteiger partial charge in [-0.1, -0.05) is 43.7 Å². The number of ether oxygens (including phenoxy) is 1. The van der Waals surface area contributed by atoms with Crippen molar-refractivity contribution in [1.29, 1.82) is 0 Å². The van der Waals surface area contributed by atoms with E-state index in [1.165, 1.54) is 4.90 Å². The van der Waals surface area contributed by atoms with Gasteiger partial charge in [0.25, 0.3) is 0 Å². The van der Waals surface area contributed by atoms with Crippen LogP contribution < -0.4 is 0 Å². The highest BCUT2D eigenvalue weighted by Crippen LogP contribution is 2.27. The zero-order chi connectivity index (χ0) is 13.8. The predicted octanol–water partition coefficient (Wildman–Crippen LogP) is 1.99. The zero-order valence-corrected chi connectivity index (χ0v) is 11.3. The van der Waals surface area contributed by atoms with Gasteiger partial charge in [-0.05, 0) is 11.5 Å². The number of esters is 1. The molecule has 1 heterocycles. The van der Waals surface area contributed by atoms with Crippen molar-refractivity contribution >= 4 is 11.9 Å². The van der Waals surface area contributed by atoms with E-state index in [1.807, 2.05) is 37.3 Å². The maximum absolute atomic E-state index is 12.1. The molecular weight excluding hydrogens is 242 g/mol. The monoisotopic (exact) mass is 261 g/mol. The highest BCUT2D eigenvalue weighted by atomic mass is 16.5. The van der Waals surface area contributed by atoms with E-state index in [-0.39, 0.29) is 24.4 Å². The van der Waals surface area contributed by atoms with Crippen LogP contribution in [0.2, 0.25) is 0 Å². The fourth-order valence-electron chi connectivity index (χ4n) is 2.48. The minimum absolute atomic E-state index is 0.0218. The molecule has 1 fully saturated rings. The van der Waals surface area contributed by atoms with Crippen LogP contribution in [0.1, 0.15) is 25.3 Å². The van der Waals surface area contributed by atoms with Crippen LogP contribution in [0.5, 0.6) is 0 Å². The summed E-state index contributed by atoms with van der Waals surface area (Å²) >= 11 is 0. The zero-order valence-electron chi connectivity index (χ0n) is 11.3. The van der Waals surface area contributed by atoms with Crippen LogP contribution in [-0.4, -0.2) is 29.9 Å². The van der Waals surface area contributed by atoms with Crippen LogP contribution in [0, 0.1) is 5.92 Å². The number of likely N-dealkylation sites (tertiary alicyclic amines) is 1. The van der Waals surface area contributed by atoms with Crippen molar-refractivity contribution in [2.75, 3.05) is 7.05 Å². The van der Waals surface area contributed by atoms with Crippen LogP contribution in [0.25, 0.3) is 0 Å². The van der Waals surface area contributed by atoms with Gasteiger partial charge < -0.3 is 9.64 Å². The Morgan fingerprint density at radius 1 is 1.37 bits per heavy atom. The summed E-state index contributed by atoms with van der Waals surface area (Å²) < 4.78 is 5.33. The number of carbonyl (C=O) groups is 2. The third-order valence-corrected chi connectivity index (χ3v) is 3.68.